The van der Waals surface area contributed by atoms with Crippen LogP contribution in [0.4, 0.5) is 5.69 Å². The SMILES string of the molecule is Cc1ccc(C)c(SCc2cc(N)ccc2O)c1. The highest BCUT2D eigenvalue weighted by atomic mass is 32.2. The second-order valence-electron chi connectivity index (χ2n) is 4.45. The van der Waals surface area contributed by atoms with Gasteiger partial charge in [0, 0.05) is 21.9 Å². The van der Waals surface area contributed by atoms with Gasteiger partial charge in [0.2, 0.25) is 0 Å². The van der Waals surface area contributed by atoms with Crippen LogP contribution in [-0.4, -0.2) is 5.11 Å². The highest BCUT2D eigenvalue weighted by Gasteiger charge is 2.05. The number of phenols is 1. The van der Waals surface area contributed by atoms with Gasteiger partial charge in [-0.05, 0) is 43.7 Å². The number of nitrogen functional groups attached to an aromatic ring is 1. The van der Waals surface area contributed by atoms with Crippen LogP contribution < -0.4 is 5.73 Å². The van der Waals surface area contributed by atoms with Crippen molar-refractivity contribution in [3.63, 3.8) is 0 Å². The maximum Gasteiger partial charge on any atom is 0.119 e. The number of phenolic OH excluding ortho intramolecular Hbond substituents is 1. The standard InChI is InChI=1S/C15H17NOS/c1-10-3-4-11(2)15(7-10)18-9-12-8-13(16)5-6-14(12)17/h3-8,17H,9,16H2,1-2H3. The van der Waals surface area contributed by atoms with Gasteiger partial charge in [0.25, 0.3) is 0 Å². The molecule has 0 heterocycles. The Balaban J connectivity index is 2.16. The Morgan fingerprint density at radius 1 is 1.11 bits per heavy atom. The number of hydrogen-bond acceptors (Lipinski definition) is 3. The molecule has 2 nitrogen and oxygen atoms in total. The van der Waals surface area contributed by atoms with Crippen LogP contribution in [0.5, 0.6) is 5.75 Å². The molecule has 0 radical (unpaired) electrons. The minimum Gasteiger partial charge on any atom is -0.508 e. The van der Waals surface area contributed by atoms with Crippen molar-refractivity contribution in [1.82, 2.24) is 0 Å². The van der Waals surface area contributed by atoms with E-state index in [1.165, 1.54) is 16.0 Å². The van der Waals surface area contributed by atoms with Crippen molar-refractivity contribution < 1.29 is 5.11 Å². The maximum atomic E-state index is 9.77. The molecule has 0 bridgehead atoms. The van der Waals surface area contributed by atoms with Crippen LogP contribution >= 0.6 is 11.8 Å². The van der Waals surface area contributed by atoms with Gasteiger partial charge in [0.15, 0.2) is 0 Å². The van der Waals surface area contributed by atoms with Crippen molar-refractivity contribution in [3.8, 4) is 5.75 Å². The van der Waals surface area contributed by atoms with Crippen molar-refractivity contribution in [2.45, 2.75) is 24.5 Å². The molecule has 0 saturated heterocycles. The number of aryl methyl sites for hydroxylation is 2. The first-order valence-electron chi connectivity index (χ1n) is 5.83. The van der Waals surface area contributed by atoms with E-state index in [2.05, 4.69) is 32.0 Å². The summed E-state index contributed by atoms with van der Waals surface area (Å²) < 4.78 is 0. The molecular formula is C15H17NOS. The number of rotatable bonds is 3. The quantitative estimate of drug-likeness (QED) is 0.499. The molecule has 94 valence electrons. The molecule has 2 aromatic rings. The van der Waals surface area contributed by atoms with E-state index in [-0.39, 0.29) is 0 Å². The van der Waals surface area contributed by atoms with Gasteiger partial charge >= 0.3 is 0 Å². The molecule has 0 unspecified atom stereocenters. The van der Waals surface area contributed by atoms with Crippen LogP contribution in [0.15, 0.2) is 41.3 Å². The maximum absolute atomic E-state index is 9.77. The smallest absolute Gasteiger partial charge is 0.119 e. The van der Waals surface area contributed by atoms with E-state index in [1.54, 1.807) is 23.9 Å². The average Bonchev–Trinajstić information content (AvgIpc) is 2.34. The number of thioether (sulfide) groups is 1. The number of benzene rings is 2. The molecule has 0 fully saturated rings. The monoisotopic (exact) mass is 259 g/mol. The molecule has 18 heavy (non-hydrogen) atoms. The predicted octanol–water partition coefficient (Wildman–Crippen LogP) is 3.88. The zero-order valence-corrected chi connectivity index (χ0v) is 11.4. The van der Waals surface area contributed by atoms with Crippen molar-refractivity contribution in [3.05, 3.63) is 53.1 Å². The Kier molecular flexibility index (Phi) is 3.82. The van der Waals surface area contributed by atoms with E-state index in [4.69, 9.17) is 5.73 Å². The van der Waals surface area contributed by atoms with Crippen LogP contribution in [0.3, 0.4) is 0 Å². The lowest BCUT2D eigenvalue weighted by Gasteiger charge is -2.08. The topological polar surface area (TPSA) is 46.2 Å². The van der Waals surface area contributed by atoms with Gasteiger partial charge < -0.3 is 10.8 Å². The number of aromatic hydroxyl groups is 1. The van der Waals surface area contributed by atoms with E-state index in [0.29, 0.717) is 11.4 Å². The Morgan fingerprint density at radius 3 is 2.67 bits per heavy atom. The third-order valence-corrected chi connectivity index (χ3v) is 4.04. The summed E-state index contributed by atoms with van der Waals surface area (Å²) in [5.41, 5.74) is 9.80. The van der Waals surface area contributed by atoms with Gasteiger partial charge in [0.05, 0.1) is 0 Å². The number of nitrogens with two attached hydrogens (primary N) is 1. The molecule has 0 aliphatic carbocycles. The van der Waals surface area contributed by atoms with Crippen molar-refractivity contribution >= 4 is 17.4 Å². The van der Waals surface area contributed by atoms with Crippen LogP contribution in [0, 0.1) is 13.8 Å². The van der Waals surface area contributed by atoms with E-state index in [1.807, 2.05) is 6.07 Å². The molecule has 0 saturated carbocycles. The van der Waals surface area contributed by atoms with E-state index in [0.717, 1.165) is 11.3 Å². The summed E-state index contributed by atoms with van der Waals surface area (Å²) in [7, 11) is 0. The van der Waals surface area contributed by atoms with Gasteiger partial charge in [-0.2, -0.15) is 0 Å². The van der Waals surface area contributed by atoms with E-state index >= 15 is 0 Å². The summed E-state index contributed by atoms with van der Waals surface area (Å²) in [6.07, 6.45) is 0. The summed E-state index contributed by atoms with van der Waals surface area (Å²) in [4.78, 5) is 1.25. The third-order valence-electron chi connectivity index (χ3n) is 2.83. The van der Waals surface area contributed by atoms with Crippen LogP contribution in [0.1, 0.15) is 16.7 Å². The summed E-state index contributed by atoms with van der Waals surface area (Å²) in [5.74, 6) is 1.03. The van der Waals surface area contributed by atoms with Gasteiger partial charge in [0.1, 0.15) is 5.75 Å². The fourth-order valence-electron chi connectivity index (χ4n) is 1.74. The Labute approximate surface area is 112 Å². The first-order valence-corrected chi connectivity index (χ1v) is 6.82. The summed E-state index contributed by atoms with van der Waals surface area (Å²) in [5, 5.41) is 9.77. The first kappa shape index (κ1) is 12.8. The minimum absolute atomic E-state index is 0.307. The molecule has 0 amide bonds. The molecule has 2 aromatic carbocycles. The Bertz CT molecular complexity index is 515. The molecule has 0 spiro atoms. The normalized spacial score (nSPS) is 10.6. The van der Waals surface area contributed by atoms with Gasteiger partial charge in [-0.25, -0.2) is 0 Å². The molecule has 0 aromatic heterocycles. The molecule has 3 N–H and O–H groups in total. The first-order chi connectivity index (χ1) is 8.56. The molecular weight excluding hydrogens is 242 g/mol. The fourth-order valence-corrected chi connectivity index (χ4v) is 2.85. The molecule has 0 atom stereocenters. The average molecular weight is 259 g/mol. The van der Waals surface area contributed by atoms with Crippen molar-refractivity contribution in [1.29, 1.82) is 0 Å². The second-order valence-corrected chi connectivity index (χ2v) is 5.46. The van der Waals surface area contributed by atoms with Crippen LogP contribution in [0.25, 0.3) is 0 Å². The molecule has 0 aliphatic rings. The fraction of sp³-hybridized carbons (Fsp3) is 0.200. The Hall–Kier alpha value is -1.61. The highest BCUT2D eigenvalue weighted by molar-refractivity contribution is 7.98. The minimum atomic E-state index is 0.307. The third kappa shape index (κ3) is 2.99. The summed E-state index contributed by atoms with van der Waals surface area (Å²) in [6, 6.07) is 11.6. The summed E-state index contributed by atoms with van der Waals surface area (Å²) >= 11 is 1.72. The highest BCUT2D eigenvalue weighted by Crippen LogP contribution is 2.30. The Morgan fingerprint density at radius 2 is 1.89 bits per heavy atom. The molecule has 2 rings (SSSR count). The number of anilines is 1. The predicted molar refractivity (Wildman–Crippen MR) is 78.0 cm³/mol. The zero-order valence-electron chi connectivity index (χ0n) is 10.6. The van der Waals surface area contributed by atoms with Crippen molar-refractivity contribution in [2.24, 2.45) is 0 Å². The van der Waals surface area contributed by atoms with Crippen LogP contribution in [0.2, 0.25) is 0 Å². The lowest BCUT2D eigenvalue weighted by atomic mass is 10.2. The number of hydrogen-bond donors (Lipinski definition) is 2. The van der Waals surface area contributed by atoms with Gasteiger partial charge in [-0.3, -0.25) is 0 Å². The molecule has 3 heteroatoms. The lowest BCUT2D eigenvalue weighted by Crippen LogP contribution is -1.89. The van der Waals surface area contributed by atoms with E-state index < -0.39 is 0 Å². The summed E-state index contributed by atoms with van der Waals surface area (Å²) in [6.45, 7) is 4.18. The second kappa shape index (κ2) is 5.36. The van der Waals surface area contributed by atoms with Gasteiger partial charge in [-0.1, -0.05) is 17.7 Å². The van der Waals surface area contributed by atoms with Crippen LogP contribution in [-0.2, 0) is 5.75 Å². The van der Waals surface area contributed by atoms with Crippen molar-refractivity contribution in [2.75, 3.05) is 5.73 Å². The zero-order chi connectivity index (χ0) is 13.1. The van der Waals surface area contributed by atoms with Gasteiger partial charge in [-0.15, -0.1) is 11.8 Å². The lowest BCUT2D eigenvalue weighted by molar-refractivity contribution is 0.471. The van der Waals surface area contributed by atoms with E-state index in [9.17, 15) is 5.11 Å². The largest absolute Gasteiger partial charge is 0.508 e. The molecule has 0 aliphatic heterocycles.